The molecule has 1 aromatic heterocycles. The van der Waals surface area contributed by atoms with E-state index in [9.17, 15) is 13.5 Å². The Kier molecular flexibility index (Phi) is 8.94. The van der Waals surface area contributed by atoms with E-state index in [0.717, 1.165) is 37.1 Å². The molecule has 4 N–H and O–H groups in total. The summed E-state index contributed by atoms with van der Waals surface area (Å²) in [7, 11) is -3.68. The molecule has 1 fully saturated rings. The molecule has 3 aromatic rings. The normalized spacial score (nSPS) is 17.5. The quantitative estimate of drug-likeness (QED) is 0.290. The van der Waals surface area contributed by atoms with Gasteiger partial charge in [0.25, 0.3) is 10.2 Å². The van der Waals surface area contributed by atoms with Crippen molar-refractivity contribution in [3.05, 3.63) is 95.8 Å². The van der Waals surface area contributed by atoms with Crippen molar-refractivity contribution in [2.24, 2.45) is 0 Å². The summed E-state index contributed by atoms with van der Waals surface area (Å²) in [5, 5.41) is 13.8. The molecule has 37 heavy (non-hydrogen) atoms. The highest BCUT2D eigenvalue weighted by molar-refractivity contribution is 7.90. The van der Waals surface area contributed by atoms with Crippen LogP contribution in [0.15, 0.2) is 79.1 Å². The van der Waals surface area contributed by atoms with Crippen molar-refractivity contribution < 1.29 is 13.5 Å². The van der Waals surface area contributed by atoms with Crippen LogP contribution in [0.25, 0.3) is 0 Å². The Labute approximate surface area is 220 Å². The minimum Gasteiger partial charge on any atom is -0.387 e. The van der Waals surface area contributed by atoms with E-state index < -0.39 is 16.3 Å². The third kappa shape index (κ3) is 8.62. The first-order valence-electron chi connectivity index (χ1n) is 12.7. The molecule has 0 amide bonds. The molecule has 198 valence electrons. The molecule has 4 rings (SSSR count). The first kappa shape index (κ1) is 27.2. The standard InChI is InChI=1S/C28H37N5O3S/c1-28(2,30-19-27(34)24-9-6-15-29-18-24)17-22-10-12-25(13-11-22)31-37(35,36)32-26-14-16-33(21-26)20-23-7-4-3-5-8-23/h3-13,15,18,26-27,30-32,34H,14,16-17,19-21H2,1-2H3/t26-,27-/m0/s1. The van der Waals surface area contributed by atoms with Crippen molar-refractivity contribution in [3.8, 4) is 0 Å². The number of hydrogen-bond acceptors (Lipinski definition) is 6. The highest BCUT2D eigenvalue weighted by Gasteiger charge is 2.26. The van der Waals surface area contributed by atoms with Gasteiger partial charge in [-0.3, -0.25) is 14.6 Å². The monoisotopic (exact) mass is 523 g/mol. The van der Waals surface area contributed by atoms with Gasteiger partial charge in [-0.25, -0.2) is 0 Å². The van der Waals surface area contributed by atoms with Crippen LogP contribution in [0.2, 0.25) is 0 Å². The van der Waals surface area contributed by atoms with Gasteiger partial charge in [-0.2, -0.15) is 13.1 Å². The van der Waals surface area contributed by atoms with Gasteiger partial charge >= 0.3 is 0 Å². The molecule has 1 saturated heterocycles. The molecule has 8 nitrogen and oxygen atoms in total. The van der Waals surface area contributed by atoms with Crippen molar-refractivity contribution in [2.45, 2.75) is 50.9 Å². The molecular weight excluding hydrogens is 486 g/mol. The topological polar surface area (TPSA) is 107 Å². The highest BCUT2D eigenvalue weighted by atomic mass is 32.2. The molecule has 0 unspecified atom stereocenters. The first-order chi connectivity index (χ1) is 17.7. The number of β-amino-alcohol motifs (C(OH)–C–C–N with tert-alkyl or cyclic N) is 1. The van der Waals surface area contributed by atoms with E-state index in [4.69, 9.17) is 0 Å². The van der Waals surface area contributed by atoms with Gasteiger partial charge < -0.3 is 10.4 Å². The van der Waals surface area contributed by atoms with Gasteiger partial charge in [0, 0.05) is 61.4 Å². The number of benzene rings is 2. The Balaban J connectivity index is 1.24. The number of pyridine rings is 1. The van der Waals surface area contributed by atoms with Gasteiger partial charge in [0.2, 0.25) is 0 Å². The van der Waals surface area contributed by atoms with Gasteiger partial charge in [0.05, 0.1) is 6.10 Å². The second kappa shape index (κ2) is 12.1. The van der Waals surface area contributed by atoms with Crippen molar-refractivity contribution in [1.82, 2.24) is 19.9 Å². The van der Waals surface area contributed by atoms with Crippen molar-refractivity contribution in [2.75, 3.05) is 24.4 Å². The maximum Gasteiger partial charge on any atom is 0.299 e. The van der Waals surface area contributed by atoms with Crippen LogP contribution in [-0.2, 0) is 23.2 Å². The van der Waals surface area contributed by atoms with Crippen LogP contribution < -0.4 is 14.8 Å². The fourth-order valence-corrected chi connectivity index (χ4v) is 5.78. The molecule has 0 saturated carbocycles. The molecule has 1 aliphatic heterocycles. The molecule has 9 heteroatoms. The molecule has 0 aliphatic carbocycles. The van der Waals surface area contributed by atoms with E-state index in [1.54, 1.807) is 24.5 Å². The summed E-state index contributed by atoms with van der Waals surface area (Å²) >= 11 is 0. The predicted octanol–water partition coefficient (Wildman–Crippen LogP) is 3.25. The predicted molar refractivity (Wildman–Crippen MR) is 147 cm³/mol. The van der Waals surface area contributed by atoms with Gasteiger partial charge in [0.15, 0.2) is 0 Å². The van der Waals surface area contributed by atoms with Crippen LogP contribution in [0.5, 0.6) is 0 Å². The number of hydrogen-bond donors (Lipinski definition) is 4. The van der Waals surface area contributed by atoms with Gasteiger partial charge in [-0.05, 0) is 56.0 Å². The third-order valence-corrected chi connectivity index (χ3v) is 7.69. The summed E-state index contributed by atoms with van der Waals surface area (Å²) in [4.78, 5) is 6.32. The van der Waals surface area contributed by atoms with Crippen LogP contribution in [-0.4, -0.2) is 54.6 Å². The molecule has 2 heterocycles. The van der Waals surface area contributed by atoms with E-state index in [0.29, 0.717) is 18.8 Å². The maximum atomic E-state index is 12.7. The first-order valence-corrected chi connectivity index (χ1v) is 14.1. The van der Waals surface area contributed by atoms with Crippen LogP contribution in [0.1, 0.15) is 43.1 Å². The van der Waals surface area contributed by atoms with Gasteiger partial charge in [0.1, 0.15) is 0 Å². The van der Waals surface area contributed by atoms with Gasteiger partial charge in [-0.15, -0.1) is 0 Å². The lowest BCUT2D eigenvalue weighted by molar-refractivity contribution is 0.160. The minimum absolute atomic E-state index is 0.116. The number of rotatable bonds is 12. The summed E-state index contributed by atoms with van der Waals surface area (Å²) < 4.78 is 30.9. The summed E-state index contributed by atoms with van der Waals surface area (Å²) in [5.41, 5.74) is 3.33. The van der Waals surface area contributed by atoms with E-state index in [-0.39, 0.29) is 11.6 Å². The summed E-state index contributed by atoms with van der Waals surface area (Å²) in [6.07, 6.45) is 4.22. The molecule has 2 aromatic carbocycles. The Bertz CT molecular complexity index is 1220. The fraction of sp³-hybridized carbons (Fsp3) is 0.393. The zero-order valence-corrected chi connectivity index (χ0v) is 22.3. The average molecular weight is 524 g/mol. The third-order valence-electron chi connectivity index (χ3n) is 6.54. The highest BCUT2D eigenvalue weighted by Crippen LogP contribution is 2.19. The summed E-state index contributed by atoms with van der Waals surface area (Å²) in [5.74, 6) is 0. The lowest BCUT2D eigenvalue weighted by Gasteiger charge is -2.28. The second-order valence-electron chi connectivity index (χ2n) is 10.4. The van der Waals surface area contributed by atoms with E-state index in [1.165, 1.54) is 5.56 Å². The lowest BCUT2D eigenvalue weighted by atomic mass is 9.94. The molecule has 0 radical (unpaired) electrons. The number of aliphatic hydroxyl groups is 1. The Hall–Kier alpha value is -2.82. The Morgan fingerprint density at radius 1 is 1.05 bits per heavy atom. The number of anilines is 1. The zero-order valence-electron chi connectivity index (χ0n) is 21.5. The van der Waals surface area contributed by atoms with Crippen LogP contribution in [0, 0.1) is 0 Å². The van der Waals surface area contributed by atoms with Crippen molar-refractivity contribution in [3.63, 3.8) is 0 Å². The smallest absolute Gasteiger partial charge is 0.299 e. The molecule has 0 bridgehead atoms. The van der Waals surface area contributed by atoms with Crippen LogP contribution in [0.3, 0.4) is 0 Å². The summed E-state index contributed by atoms with van der Waals surface area (Å²) in [6.45, 7) is 6.93. The summed E-state index contributed by atoms with van der Waals surface area (Å²) in [6, 6.07) is 21.2. The Morgan fingerprint density at radius 2 is 1.81 bits per heavy atom. The number of nitrogens with one attached hydrogen (secondary N) is 3. The molecule has 1 aliphatic rings. The van der Waals surface area contributed by atoms with Crippen LogP contribution in [0.4, 0.5) is 5.69 Å². The minimum atomic E-state index is -3.68. The molecular formula is C28H37N5O3S. The van der Waals surface area contributed by atoms with E-state index in [2.05, 4.69) is 50.6 Å². The van der Waals surface area contributed by atoms with Crippen molar-refractivity contribution >= 4 is 15.9 Å². The zero-order chi connectivity index (χ0) is 26.3. The van der Waals surface area contributed by atoms with Crippen LogP contribution >= 0.6 is 0 Å². The number of aliphatic hydroxyl groups excluding tert-OH is 1. The van der Waals surface area contributed by atoms with Crippen molar-refractivity contribution in [1.29, 1.82) is 0 Å². The number of nitrogens with zero attached hydrogens (tertiary/aromatic N) is 2. The molecule has 0 spiro atoms. The van der Waals surface area contributed by atoms with E-state index >= 15 is 0 Å². The number of likely N-dealkylation sites (tertiary alicyclic amines) is 1. The second-order valence-corrected chi connectivity index (χ2v) is 11.8. The fourth-order valence-electron chi connectivity index (χ4n) is 4.65. The SMILES string of the molecule is CC(C)(Cc1ccc(NS(=O)(=O)N[C@H]2CCN(Cc3ccccc3)C2)cc1)NC[C@H](O)c1cccnc1. The molecule has 2 atom stereocenters. The average Bonchev–Trinajstić information content (AvgIpc) is 3.30. The Morgan fingerprint density at radius 3 is 2.51 bits per heavy atom. The van der Waals surface area contributed by atoms with E-state index in [1.807, 2.05) is 42.5 Å². The largest absolute Gasteiger partial charge is 0.387 e. The lowest BCUT2D eigenvalue weighted by Crippen LogP contribution is -2.43. The number of aromatic nitrogens is 1. The maximum absolute atomic E-state index is 12.7. The van der Waals surface area contributed by atoms with Gasteiger partial charge in [-0.1, -0.05) is 48.5 Å².